The predicted molar refractivity (Wildman–Crippen MR) is 130 cm³/mol. The number of nitrogens with one attached hydrogen (secondary N) is 1. The van der Waals surface area contributed by atoms with E-state index in [-0.39, 0.29) is 24.2 Å². The molecule has 5 rings (SSSR count). The number of hydrogen-bond donors (Lipinski definition) is 1. The van der Waals surface area contributed by atoms with Crippen molar-refractivity contribution < 1.29 is 22.8 Å². The number of nitrogens with zero attached hydrogens (tertiary/aromatic N) is 2. The van der Waals surface area contributed by atoms with Gasteiger partial charge in [-0.1, -0.05) is 30.3 Å². The summed E-state index contributed by atoms with van der Waals surface area (Å²) >= 11 is 1.57. The quantitative estimate of drug-likeness (QED) is 0.607. The number of alkyl halides is 3. The van der Waals surface area contributed by atoms with Gasteiger partial charge in [0.05, 0.1) is 11.6 Å². The summed E-state index contributed by atoms with van der Waals surface area (Å²) in [6, 6.07) is 5.35. The number of likely N-dealkylation sites (tertiary alicyclic amines) is 1. The second kappa shape index (κ2) is 9.45. The topological polar surface area (TPSA) is 61.8 Å². The number of aryl methyl sites for hydroxylation is 1. The van der Waals surface area contributed by atoms with Crippen LogP contribution in [0.25, 0.3) is 0 Å². The van der Waals surface area contributed by atoms with Gasteiger partial charge in [-0.05, 0) is 80.9 Å². The molecule has 2 heterocycles. The lowest BCUT2D eigenvalue weighted by Crippen LogP contribution is -2.47. The number of benzene rings is 1. The molecule has 4 fully saturated rings. The maximum absolute atomic E-state index is 12.9. The van der Waals surface area contributed by atoms with Crippen molar-refractivity contribution in [2.24, 2.45) is 22.7 Å². The lowest BCUT2D eigenvalue weighted by molar-refractivity contribution is -0.137. The molecule has 2 aliphatic heterocycles. The molecule has 2 bridgehead atoms. The van der Waals surface area contributed by atoms with Gasteiger partial charge in [0, 0.05) is 19.5 Å². The molecule has 4 aliphatic rings. The van der Waals surface area contributed by atoms with Crippen LogP contribution in [0, 0.1) is 17.8 Å². The zero-order valence-corrected chi connectivity index (χ0v) is 20.8. The molecule has 4 atom stereocenters. The molecule has 1 aromatic rings. The molecule has 1 aromatic carbocycles. The fraction of sp³-hybridized carbons (Fsp3) is 0.654. The first-order valence-electron chi connectivity index (χ1n) is 12.6. The third-order valence-electron chi connectivity index (χ3n) is 8.50. The Bertz CT molecular complexity index is 1000. The molecule has 2 amide bonds. The second-order valence-electron chi connectivity index (χ2n) is 10.7. The summed E-state index contributed by atoms with van der Waals surface area (Å²) < 4.78 is 37.6. The number of rotatable bonds is 5. The number of amidine groups is 1. The van der Waals surface area contributed by atoms with Crippen molar-refractivity contribution in [1.29, 1.82) is 0 Å². The number of halogens is 3. The summed E-state index contributed by atoms with van der Waals surface area (Å²) in [7, 11) is 0. The molecule has 3 unspecified atom stereocenters. The maximum Gasteiger partial charge on any atom is 0.416 e. The van der Waals surface area contributed by atoms with E-state index in [1.165, 1.54) is 31.4 Å². The Labute approximate surface area is 208 Å². The van der Waals surface area contributed by atoms with E-state index in [1.807, 2.05) is 11.8 Å². The van der Waals surface area contributed by atoms with Crippen molar-refractivity contribution in [3.63, 3.8) is 0 Å². The highest BCUT2D eigenvalue weighted by atomic mass is 32.2. The smallest absolute Gasteiger partial charge is 0.343 e. The Balaban J connectivity index is 1.11. The SMILES string of the molecule is CC1(C2CCN(C(=O)CCc3ccc(C(F)(F)F)cc3)CC2)SC(=NC2C[C@@H]3CCC2C3)NC1=O. The fourth-order valence-electron chi connectivity index (χ4n) is 6.29. The van der Waals surface area contributed by atoms with Gasteiger partial charge in [-0.25, -0.2) is 0 Å². The van der Waals surface area contributed by atoms with Crippen LogP contribution >= 0.6 is 11.8 Å². The molecule has 2 aliphatic carbocycles. The highest BCUT2D eigenvalue weighted by Crippen LogP contribution is 2.48. The van der Waals surface area contributed by atoms with Crippen LogP contribution in [-0.2, 0) is 22.2 Å². The van der Waals surface area contributed by atoms with Gasteiger partial charge in [-0.15, -0.1) is 0 Å². The molecule has 2 saturated carbocycles. The van der Waals surface area contributed by atoms with E-state index in [4.69, 9.17) is 4.99 Å². The van der Waals surface area contributed by atoms with Gasteiger partial charge in [0.25, 0.3) is 0 Å². The van der Waals surface area contributed by atoms with Crippen molar-refractivity contribution in [3.8, 4) is 0 Å². The molecule has 5 nitrogen and oxygen atoms in total. The first-order chi connectivity index (χ1) is 16.6. The van der Waals surface area contributed by atoms with Crippen molar-refractivity contribution in [2.45, 2.75) is 75.3 Å². The van der Waals surface area contributed by atoms with E-state index >= 15 is 0 Å². The molecule has 0 aromatic heterocycles. The molecule has 9 heteroatoms. The van der Waals surface area contributed by atoms with Gasteiger partial charge in [0.15, 0.2) is 5.17 Å². The highest BCUT2D eigenvalue weighted by Gasteiger charge is 2.50. The third kappa shape index (κ3) is 5.11. The lowest BCUT2D eigenvalue weighted by Gasteiger charge is -2.38. The number of carbonyl (C=O) groups excluding carboxylic acids is 2. The van der Waals surface area contributed by atoms with Crippen molar-refractivity contribution in [2.75, 3.05) is 13.1 Å². The number of carbonyl (C=O) groups is 2. The molecular formula is C26H32F3N3O2S. The molecule has 35 heavy (non-hydrogen) atoms. The number of fused-ring (bicyclic) bond motifs is 2. The molecular weight excluding hydrogens is 475 g/mol. The van der Waals surface area contributed by atoms with Crippen LogP contribution in [0.5, 0.6) is 0 Å². The molecule has 0 spiro atoms. The van der Waals surface area contributed by atoms with Crippen LogP contribution in [-0.4, -0.2) is 45.8 Å². The van der Waals surface area contributed by atoms with Gasteiger partial charge in [-0.2, -0.15) is 13.2 Å². The summed E-state index contributed by atoms with van der Waals surface area (Å²) in [5.41, 5.74) is 0.0377. The van der Waals surface area contributed by atoms with Crippen LogP contribution in [0.2, 0.25) is 0 Å². The van der Waals surface area contributed by atoms with Gasteiger partial charge in [0.1, 0.15) is 4.75 Å². The largest absolute Gasteiger partial charge is 0.416 e. The lowest BCUT2D eigenvalue weighted by atomic mass is 9.84. The minimum atomic E-state index is -4.35. The van der Waals surface area contributed by atoms with Crippen molar-refractivity contribution in [3.05, 3.63) is 35.4 Å². The summed E-state index contributed by atoms with van der Waals surface area (Å²) in [5, 5.41) is 3.81. The van der Waals surface area contributed by atoms with Crippen LogP contribution in [0.1, 0.15) is 63.0 Å². The minimum absolute atomic E-state index is 0.00978. The first-order valence-corrected chi connectivity index (χ1v) is 13.5. The van der Waals surface area contributed by atoms with Crippen molar-refractivity contribution in [1.82, 2.24) is 10.2 Å². The summed E-state index contributed by atoms with van der Waals surface area (Å²) in [6.07, 6.45) is 2.84. The Hall–Kier alpha value is -2.03. The van der Waals surface area contributed by atoms with Crippen molar-refractivity contribution >= 4 is 28.7 Å². The van der Waals surface area contributed by atoms with Gasteiger partial charge in [0.2, 0.25) is 11.8 Å². The van der Waals surface area contributed by atoms with Crippen LogP contribution < -0.4 is 5.32 Å². The van der Waals surface area contributed by atoms with E-state index in [0.717, 1.165) is 48.0 Å². The standard InChI is InChI=1S/C26H32F3N3O2S/c1-25(23(34)31-24(35-25)30-21-15-17-2-6-18(21)14-17)19-10-12-32(13-11-19)22(33)9-5-16-3-7-20(8-4-16)26(27,28)29/h3-4,7-8,17-19,21H,2,5-6,9-15H2,1H3,(H,30,31,34)/t17-,18?,21?,25?/m1/s1. The average Bonchev–Trinajstić information content (AvgIpc) is 3.52. The molecule has 2 saturated heterocycles. The van der Waals surface area contributed by atoms with Gasteiger partial charge in [-0.3, -0.25) is 14.6 Å². The number of aliphatic imine (C=N–C) groups is 1. The second-order valence-corrected chi connectivity index (χ2v) is 12.1. The number of thioether (sulfide) groups is 1. The van der Waals surface area contributed by atoms with Gasteiger partial charge < -0.3 is 10.2 Å². The summed E-state index contributed by atoms with van der Waals surface area (Å²) in [5.74, 6) is 1.68. The van der Waals surface area contributed by atoms with E-state index in [9.17, 15) is 22.8 Å². The number of hydrogen-bond acceptors (Lipinski definition) is 4. The zero-order chi connectivity index (χ0) is 24.8. The van der Waals surface area contributed by atoms with Crippen LogP contribution in [0.3, 0.4) is 0 Å². The average molecular weight is 508 g/mol. The molecule has 190 valence electrons. The predicted octanol–water partition coefficient (Wildman–Crippen LogP) is 5.04. The monoisotopic (exact) mass is 507 g/mol. The Morgan fingerprint density at radius 1 is 1.14 bits per heavy atom. The van der Waals surface area contributed by atoms with E-state index in [0.29, 0.717) is 31.5 Å². The number of piperidine rings is 1. The van der Waals surface area contributed by atoms with Crippen LogP contribution in [0.4, 0.5) is 13.2 Å². The fourth-order valence-corrected chi connectivity index (χ4v) is 7.57. The van der Waals surface area contributed by atoms with Gasteiger partial charge >= 0.3 is 6.18 Å². The van der Waals surface area contributed by atoms with E-state index < -0.39 is 16.5 Å². The molecule has 1 N–H and O–H groups in total. The maximum atomic E-state index is 12.9. The Morgan fingerprint density at radius 2 is 1.86 bits per heavy atom. The Morgan fingerprint density at radius 3 is 2.46 bits per heavy atom. The minimum Gasteiger partial charge on any atom is -0.343 e. The molecule has 0 radical (unpaired) electrons. The highest BCUT2D eigenvalue weighted by molar-refractivity contribution is 8.16. The van der Waals surface area contributed by atoms with E-state index in [1.54, 1.807) is 11.8 Å². The zero-order valence-electron chi connectivity index (χ0n) is 19.9. The first kappa shape index (κ1) is 24.7. The van der Waals surface area contributed by atoms with Crippen LogP contribution in [0.15, 0.2) is 29.3 Å². The Kier molecular flexibility index (Phi) is 6.66. The number of amides is 2. The van der Waals surface area contributed by atoms with E-state index in [2.05, 4.69) is 5.32 Å². The normalized spacial score (nSPS) is 32.5. The summed E-state index contributed by atoms with van der Waals surface area (Å²) in [4.78, 5) is 32.4. The summed E-state index contributed by atoms with van der Waals surface area (Å²) in [6.45, 7) is 3.20. The third-order valence-corrected chi connectivity index (χ3v) is 9.84.